The third kappa shape index (κ3) is 1.32. The van der Waals surface area contributed by atoms with Gasteiger partial charge in [0.15, 0.2) is 0 Å². The lowest BCUT2D eigenvalue weighted by Gasteiger charge is -1.96. The standard InChI is InChI=1S/C10H7N3O2/c1-12-9(6-11)5-7-4-8(13(14)15)2-3-10(7)12/h2-5H,1H3. The number of rotatable bonds is 1. The van der Waals surface area contributed by atoms with E-state index in [4.69, 9.17) is 5.26 Å². The molecule has 0 saturated heterocycles. The summed E-state index contributed by atoms with van der Waals surface area (Å²) in [6.45, 7) is 0. The fraction of sp³-hybridized carbons (Fsp3) is 0.100. The maximum atomic E-state index is 10.5. The van der Waals surface area contributed by atoms with E-state index in [1.165, 1.54) is 12.1 Å². The minimum atomic E-state index is -0.446. The first-order chi connectivity index (χ1) is 7.13. The van der Waals surface area contributed by atoms with Crippen LogP contribution in [-0.4, -0.2) is 9.49 Å². The van der Waals surface area contributed by atoms with E-state index < -0.39 is 4.92 Å². The SMILES string of the molecule is Cn1c(C#N)cc2cc([N+](=O)[O-])ccc21. The number of aryl methyl sites for hydroxylation is 1. The van der Waals surface area contributed by atoms with Gasteiger partial charge in [-0.05, 0) is 12.1 Å². The van der Waals surface area contributed by atoms with Crippen LogP contribution in [0.1, 0.15) is 5.69 Å². The molecule has 0 atom stereocenters. The van der Waals surface area contributed by atoms with Gasteiger partial charge in [0.25, 0.3) is 5.69 Å². The van der Waals surface area contributed by atoms with Crippen LogP contribution in [-0.2, 0) is 7.05 Å². The van der Waals surface area contributed by atoms with E-state index in [1.807, 2.05) is 6.07 Å². The third-order valence-corrected chi connectivity index (χ3v) is 2.35. The first-order valence-corrected chi connectivity index (χ1v) is 4.27. The molecular formula is C10H7N3O2. The lowest BCUT2D eigenvalue weighted by Crippen LogP contribution is -1.91. The van der Waals surface area contributed by atoms with E-state index in [9.17, 15) is 10.1 Å². The normalized spacial score (nSPS) is 10.1. The predicted octanol–water partition coefficient (Wildman–Crippen LogP) is 1.96. The van der Waals surface area contributed by atoms with E-state index in [2.05, 4.69) is 0 Å². The highest BCUT2D eigenvalue weighted by Gasteiger charge is 2.10. The molecule has 0 spiro atoms. The maximum Gasteiger partial charge on any atom is 0.270 e. The minimum Gasteiger partial charge on any atom is -0.335 e. The monoisotopic (exact) mass is 201 g/mol. The second kappa shape index (κ2) is 3.10. The van der Waals surface area contributed by atoms with Crippen molar-refractivity contribution in [2.45, 2.75) is 0 Å². The van der Waals surface area contributed by atoms with E-state index in [0.717, 1.165) is 5.52 Å². The Labute approximate surface area is 85.3 Å². The highest BCUT2D eigenvalue weighted by atomic mass is 16.6. The summed E-state index contributed by atoms with van der Waals surface area (Å²) >= 11 is 0. The van der Waals surface area contributed by atoms with Crippen LogP contribution >= 0.6 is 0 Å². The van der Waals surface area contributed by atoms with Crippen LogP contribution in [0.4, 0.5) is 5.69 Å². The number of nitro groups is 1. The van der Waals surface area contributed by atoms with Crippen molar-refractivity contribution >= 4 is 16.6 Å². The molecule has 0 amide bonds. The summed E-state index contributed by atoms with van der Waals surface area (Å²) in [6.07, 6.45) is 0. The number of nitrogens with zero attached hydrogens (tertiary/aromatic N) is 3. The number of nitriles is 1. The van der Waals surface area contributed by atoms with Gasteiger partial charge < -0.3 is 4.57 Å². The molecule has 0 aliphatic carbocycles. The van der Waals surface area contributed by atoms with E-state index in [-0.39, 0.29) is 5.69 Å². The zero-order valence-electron chi connectivity index (χ0n) is 7.97. The zero-order valence-corrected chi connectivity index (χ0v) is 7.97. The molecule has 5 heteroatoms. The van der Waals surface area contributed by atoms with Crippen molar-refractivity contribution in [1.82, 2.24) is 4.57 Å². The average Bonchev–Trinajstić information content (AvgIpc) is 2.55. The summed E-state index contributed by atoms with van der Waals surface area (Å²) in [4.78, 5) is 10.1. The van der Waals surface area contributed by atoms with Crippen LogP contribution in [0.5, 0.6) is 0 Å². The van der Waals surface area contributed by atoms with Gasteiger partial charge in [-0.15, -0.1) is 0 Å². The summed E-state index contributed by atoms with van der Waals surface area (Å²) in [6, 6.07) is 8.22. The Kier molecular flexibility index (Phi) is 1.90. The summed E-state index contributed by atoms with van der Waals surface area (Å²) in [5, 5.41) is 20.0. The Bertz CT molecular complexity index is 592. The summed E-state index contributed by atoms with van der Waals surface area (Å²) in [5.41, 5.74) is 1.35. The molecule has 0 saturated carbocycles. The Morgan fingerprint density at radius 1 is 1.47 bits per heavy atom. The average molecular weight is 201 g/mol. The molecule has 0 radical (unpaired) electrons. The van der Waals surface area contributed by atoms with Crippen LogP contribution in [0, 0.1) is 21.4 Å². The Morgan fingerprint density at radius 3 is 2.80 bits per heavy atom. The zero-order chi connectivity index (χ0) is 11.0. The van der Waals surface area contributed by atoms with Gasteiger partial charge in [0, 0.05) is 30.1 Å². The molecule has 2 rings (SSSR count). The molecule has 2 aromatic rings. The van der Waals surface area contributed by atoms with Gasteiger partial charge in [0.05, 0.1) is 4.92 Å². The summed E-state index contributed by atoms with van der Waals surface area (Å²) < 4.78 is 1.71. The molecule has 0 aliphatic heterocycles. The minimum absolute atomic E-state index is 0.0394. The molecule has 0 unspecified atom stereocenters. The molecule has 0 fully saturated rings. The first-order valence-electron chi connectivity index (χ1n) is 4.27. The Balaban J connectivity index is 2.75. The van der Waals surface area contributed by atoms with Crippen molar-refractivity contribution < 1.29 is 4.92 Å². The molecule has 74 valence electrons. The number of nitro benzene ring substituents is 1. The van der Waals surface area contributed by atoms with Gasteiger partial charge in [-0.2, -0.15) is 5.26 Å². The molecule has 0 aliphatic rings. The predicted molar refractivity (Wildman–Crippen MR) is 54.3 cm³/mol. The topological polar surface area (TPSA) is 71.9 Å². The molecule has 15 heavy (non-hydrogen) atoms. The van der Waals surface area contributed by atoms with Crippen LogP contribution in [0.3, 0.4) is 0 Å². The number of benzene rings is 1. The van der Waals surface area contributed by atoms with Crippen LogP contribution in [0.15, 0.2) is 24.3 Å². The molecule has 0 bridgehead atoms. The molecule has 1 heterocycles. The highest BCUT2D eigenvalue weighted by Crippen LogP contribution is 2.23. The lowest BCUT2D eigenvalue weighted by molar-refractivity contribution is -0.384. The first kappa shape index (κ1) is 9.21. The number of hydrogen-bond acceptors (Lipinski definition) is 3. The van der Waals surface area contributed by atoms with Crippen molar-refractivity contribution in [3.63, 3.8) is 0 Å². The number of hydrogen-bond donors (Lipinski definition) is 0. The van der Waals surface area contributed by atoms with Crippen LogP contribution in [0.25, 0.3) is 10.9 Å². The van der Waals surface area contributed by atoms with Gasteiger partial charge in [-0.25, -0.2) is 0 Å². The molecule has 5 nitrogen and oxygen atoms in total. The quantitative estimate of drug-likeness (QED) is 0.523. The Morgan fingerprint density at radius 2 is 2.20 bits per heavy atom. The van der Waals surface area contributed by atoms with Gasteiger partial charge in [-0.3, -0.25) is 10.1 Å². The van der Waals surface area contributed by atoms with Crippen molar-refractivity contribution in [3.8, 4) is 6.07 Å². The number of fused-ring (bicyclic) bond motifs is 1. The van der Waals surface area contributed by atoms with E-state index in [0.29, 0.717) is 11.1 Å². The second-order valence-corrected chi connectivity index (χ2v) is 3.20. The van der Waals surface area contributed by atoms with Gasteiger partial charge in [-0.1, -0.05) is 0 Å². The molecule has 1 aromatic carbocycles. The largest absolute Gasteiger partial charge is 0.335 e. The molecule has 1 aromatic heterocycles. The highest BCUT2D eigenvalue weighted by molar-refractivity contribution is 5.84. The smallest absolute Gasteiger partial charge is 0.270 e. The molecule has 0 N–H and O–H groups in total. The van der Waals surface area contributed by atoms with E-state index >= 15 is 0 Å². The summed E-state index contributed by atoms with van der Waals surface area (Å²) in [7, 11) is 1.76. The van der Waals surface area contributed by atoms with Gasteiger partial charge in [0.2, 0.25) is 0 Å². The van der Waals surface area contributed by atoms with Crippen LogP contribution < -0.4 is 0 Å². The third-order valence-electron chi connectivity index (χ3n) is 2.35. The van der Waals surface area contributed by atoms with Crippen molar-refractivity contribution in [1.29, 1.82) is 5.26 Å². The number of non-ortho nitro benzene ring substituents is 1. The van der Waals surface area contributed by atoms with Crippen LogP contribution in [0.2, 0.25) is 0 Å². The van der Waals surface area contributed by atoms with Crippen molar-refractivity contribution in [3.05, 3.63) is 40.1 Å². The van der Waals surface area contributed by atoms with Gasteiger partial charge in [0.1, 0.15) is 11.8 Å². The van der Waals surface area contributed by atoms with Crippen molar-refractivity contribution in [2.24, 2.45) is 7.05 Å². The lowest BCUT2D eigenvalue weighted by atomic mass is 10.2. The maximum absolute atomic E-state index is 10.5. The fourth-order valence-corrected chi connectivity index (χ4v) is 1.56. The second-order valence-electron chi connectivity index (χ2n) is 3.20. The molecular weight excluding hydrogens is 194 g/mol. The van der Waals surface area contributed by atoms with Gasteiger partial charge >= 0.3 is 0 Å². The fourth-order valence-electron chi connectivity index (χ4n) is 1.56. The number of aromatic nitrogens is 1. The van der Waals surface area contributed by atoms with E-state index in [1.54, 1.807) is 23.7 Å². The Hall–Kier alpha value is -2.35. The summed E-state index contributed by atoms with van der Waals surface area (Å²) in [5.74, 6) is 0. The van der Waals surface area contributed by atoms with Crippen molar-refractivity contribution in [2.75, 3.05) is 0 Å².